The summed E-state index contributed by atoms with van der Waals surface area (Å²) in [6.07, 6.45) is 9.09. The Labute approximate surface area is 130 Å². The minimum Gasteiger partial charge on any atom is -0.267 e. The van der Waals surface area contributed by atoms with E-state index in [0.717, 1.165) is 36.8 Å². The van der Waals surface area contributed by atoms with Crippen LogP contribution in [0.15, 0.2) is 60.9 Å². The maximum Gasteiger partial charge on any atom is 0.273 e. The number of rotatable bonds is 1. The molecule has 1 saturated carbocycles. The zero-order chi connectivity index (χ0) is 15.2. The molecule has 1 aliphatic heterocycles. The van der Waals surface area contributed by atoms with Gasteiger partial charge in [0, 0.05) is 24.4 Å². The molecule has 1 fully saturated rings. The Morgan fingerprint density at radius 3 is 2.59 bits per heavy atom. The number of carbonyl (C=O) groups is 1. The van der Waals surface area contributed by atoms with Crippen LogP contribution in [-0.2, 0) is 6.42 Å². The Kier molecular flexibility index (Phi) is 2.96. The van der Waals surface area contributed by atoms with Crippen LogP contribution in [0.1, 0.15) is 41.6 Å². The fourth-order valence-electron chi connectivity index (χ4n) is 4.00. The molecule has 1 aromatic heterocycles. The van der Waals surface area contributed by atoms with Crippen molar-refractivity contribution < 1.29 is 4.79 Å². The van der Waals surface area contributed by atoms with Crippen LogP contribution in [-0.4, -0.2) is 16.1 Å². The number of carbonyl (C=O) groups excluding carboxylic acids is 1. The van der Waals surface area contributed by atoms with Crippen molar-refractivity contribution in [2.45, 2.75) is 37.6 Å². The monoisotopic (exact) mass is 292 g/mol. The molecule has 0 saturated heterocycles. The molecular weight excluding hydrogens is 272 g/mol. The van der Waals surface area contributed by atoms with Crippen molar-refractivity contribution >= 4 is 5.91 Å². The van der Waals surface area contributed by atoms with E-state index < -0.39 is 0 Å². The van der Waals surface area contributed by atoms with Gasteiger partial charge in [-0.25, -0.2) is 5.01 Å². The zero-order valence-corrected chi connectivity index (χ0v) is 12.7. The van der Waals surface area contributed by atoms with Crippen LogP contribution in [0, 0.1) is 0 Å². The van der Waals surface area contributed by atoms with E-state index in [4.69, 9.17) is 0 Å². The van der Waals surface area contributed by atoms with Gasteiger partial charge in [-0.3, -0.25) is 9.47 Å². The molecule has 0 radical (unpaired) electrons. The quantitative estimate of drug-likeness (QED) is 0.736. The van der Waals surface area contributed by atoms with Crippen molar-refractivity contribution in [2.75, 3.05) is 5.01 Å². The van der Waals surface area contributed by atoms with Gasteiger partial charge in [0.1, 0.15) is 0 Å². The highest BCUT2D eigenvalue weighted by Gasteiger charge is 2.48. The Morgan fingerprint density at radius 2 is 1.82 bits per heavy atom. The molecule has 22 heavy (non-hydrogen) atoms. The van der Waals surface area contributed by atoms with Crippen molar-refractivity contribution in [3.05, 3.63) is 72.1 Å². The normalized spacial score (nSPS) is 24.6. The minimum absolute atomic E-state index is 0.0844. The van der Waals surface area contributed by atoms with E-state index in [-0.39, 0.29) is 11.4 Å². The van der Waals surface area contributed by atoms with E-state index in [1.165, 1.54) is 12.0 Å². The highest BCUT2D eigenvalue weighted by molar-refractivity contribution is 6.05. The number of aromatic nitrogens is 1. The highest BCUT2D eigenvalue weighted by atomic mass is 16.2. The van der Waals surface area contributed by atoms with Crippen LogP contribution in [0.3, 0.4) is 0 Å². The summed E-state index contributed by atoms with van der Waals surface area (Å²) in [4.78, 5) is 13.2. The molecule has 3 heteroatoms. The second-order valence-electron chi connectivity index (χ2n) is 6.36. The van der Waals surface area contributed by atoms with Gasteiger partial charge < -0.3 is 0 Å². The van der Waals surface area contributed by atoms with Crippen LogP contribution in [0.2, 0.25) is 0 Å². The van der Waals surface area contributed by atoms with Crippen LogP contribution < -0.4 is 5.01 Å². The summed E-state index contributed by atoms with van der Waals surface area (Å²) in [5, 5.41) is 1.94. The largest absolute Gasteiger partial charge is 0.273 e. The standard InChI is InChI=1S/C19H20N2O/c1-15-8-4-5-11-19(15)14-16-9-2-3-10-17(16)18(22)21(19)20-12-6-7-13-20/h2-3,6-7,9-10,12-13H,1,4-5,8,11,14H2/t19-/m1/s1. The molecule has 0 bridgehead atoms. The summed E-state index contributed by atoms with van der Waals surface area (Å²) < 4.78 is 1.94. The summed E-state index contributed by atoms with van der Waals surface area (Å²) in [5.74, 6) is 0.0844. The van der Waals surface area contributed by atoms with Crippen molar-refractivity contribution in [1.82, 2.24) is 4.68 Å². The van der Waals surface area contributed by atoms with Crippen LogP contribution >= 0.6 is 0 Å². The predicted octanol–water partition coefficient (Wildman–Crippen LogP) is 3.69. The lowest BCUT2D eigenvalue weighted by atomic mass is 9.71. The Morgan fingerprint density at radius 1 is 1.05 bits per heavy atom. The molecule has 1 aromatic carbocycles. The average Bonchev–Trinajstić information content (AvgIpc) is 3.04. The third-order valence-electron chi connectivity index (χ3n) is 5.13. The molecule has 0 unspecified atom stereocenters. The fourth-order valence-corrected chi connectivity index (χ4v) is 4.00. The van der Waals surface area contributed by atoms with E-state index in [2.05, 4.69) is 12.6 Å². The first-order valence-electron chi connectivity index (χ1n) is 7.96. The van der Waals surface area contributed by atoms with Gasteiger partial charge in [0.15, 0.2) is 0 Å². The molecule has 1 aliphatic carbocycles. The van der Waals surface area contributed by atoms with Crippen molar-refractivity contribution in [3.63, 3.8) is 0 Å². The van der Waals surface area contributed by atoms with Gasteiger partial charge >= 0.3 is 0 Å². The Balaban J connectivity index is 1.92. The predicted molar refractivity (Wildman–Crippen MR) is 87.5 cm³/mol. The smallest absolute Gasteiger partial charge is 0.267 e. The van der Waals surface area contributed by atoms with Gasteiger partial charge in [0.2, 0.25) is 0 Å². The first kappa shape index (κ1) is 13.4. The molecule has 1 spiro atoms. The van der Waals surface area contributed by atoms with E-state index in [9.17, 15) is 4.79 Å². The molecule has 2 aliphatic rings. The molecule has 1 amide bonds. The molecule has 2 heterocycles. The molecular formula is C19H20N2O. The number of amides is 1. The van der Waals surface area contributed by atoms with E-state index in [1.807, 2.05) is 52.4 Å². The number of fused-ring (bicyclic) bond motifs is 1. The third kappa shape index (κ3) is 1.78. The van der Waals surface area contributed by atoms with Crippen LogP contribution in [0.25, 0.3) is 0 Å². The fraction of sp³-hybridized carbons (Fsp3) is 0.316. The minimum atomic E-state index is -0.275. The van der Waals surface area contributed by atoms with E-state index in [1.54, 1.807) is 0 Å². The summed E-state index contributed by atoms with van der Waals surface area (Å²) in [6.45, 7) is 4.35. The lowest BCUT2D eigenvalue weighted by Gasteiger charge is -2.50. The first-order chi connectivity index (χ1) is 10.7. The second kappa shape index (κ2) is 4.87. The molecule has 0 N–H and O–H groups in total. The lowest BCUT2D eigenvalue weighted by molar-refractivity contribution is 0.0891. The van der Waals surface area contributed by atoms with Crippen molar-refractivity contribution in [1.29, 1.82) is 0 Å². The molecule has 1 atom stereocenters. The zero-order valence-electron chi connectivity index (χ0n) is 12.7. The van der Waals surface area contributed by atoms with Gasteiger partial charge in [-0.05, 0) is 48.6 Å². The SMILES string of the molecule is C=C1CCCC[C@@]12Cc1ccccc1C(=O)N2n1cccc1. The number of hydrogen-bond donors (Lipinski definition) is 0. The van der Waals surface area contributed by atoms with E-state index >= 15 is 0 Å². The highest BCUT2D eigenvalue weighted by Crippen LogP contribution is 2.43. The Hall–Kier alpha value is -2.29. The maximum atomic E-state index is 13.2. The van der Waals surface area contributed by atoms with Gasteiger partial charge in [0.25, 0.3) is 5.91 Å². The van der Waals surface area contributed by atoms with Gasteiger partial charge in [-0.1, -0.05) is 31.2 Å². The second-order valence-corrected chi connectivity index (χ2v) is 6.36. The van der Waals surface area contributed by atoms with Crippen molar-refractivity contribution in [3.8, 4) is 0 Å². The first-order valence-corrected chi connectivity index (χ1v) is 7.96. The molecule has 3 nitrogen and oxygen atoms in total. The summed E-state index contributed by atoms with van der Waals surface area (Å²) in [5.41, 5.74) is 2.89. The number of hydrogen-bond acceptors (Lipinski definition) is 1. The van der Waals surface area contributed by atoms with Gasteiger partial charge in [0.05, 0.1) is 5.54 Å². The molecule has 2 aromatic rings. The summed E-state index contributed by atoms with van der Waals surface area (Å²) in [7, 11) is 0. The molecule has 4 rings (SSSR count). The third-order valence-corrected chi connectivity index (χ3v) is 5.13. The maximum absolute atomic E-state index is 13.2. The van der Waals surface area contributed by atoms with E-state index in [0.29, 0.717) is 0 Å². The number of benzene rings is 1. The van der Waals surface area contributed by atoms with Crippen LogP contribution in [0.5, 0.6) is 0 Å². The Bertz CT molecular complexity index is 732. The lowest BCUT2D eigenvalue weighted by Crippen LogP contribution is -2.63. The summed E-state index contributed by atoms with van der Waals surface area (Å²) in [6, 6.07) is 11.9. The van der Waals surface area contributed by atoms with Crippen molar-refractivity contribution in [2.24, 2.45) is 0 Å². The van der Waals surface area contributed by atoms with Gasteiger partial charge in [-0.15, -0.1) is 0 Å². The van der Waals surface area contributed by atoms with Gasteiger partial charge in [-0.2, -0.15) is 0 Å². The summed E-state index contributed by atoms with van der Waals surface area (Å²) >= 11 is 0. The number of nitrogens with zero attached hydrogens (tertiary/aromatic N) is 2. The topological polar surface area (TPSA) is 25.2 Å². The average molecular weight is 292 g/mol. The molecule has 112 valence electrons. The van der Waals surface area contributed by atoms with Crippen LogP contribution in [0.4, 0.5) is 0 Å².